The fraction of sp³-hybridized carbons (Fsp3) is 0.381. The standard InChI is InChI=1S/C21H21NO4/c23-20(15-11-14-5-1-2-6-17(14)24-13-15)22-16-7-8-18-19(12-16)26-21(25-18)9-3-4-10-21/h1-2,5-8,12,15H,3-4,9-11,13H2,(H,22,23)/t15-/m1/s1. The smallest absolute Gasteiger partial charge is 0.251 e. The number of carbonyl (C=O) groups excluding carboxylic acids is 1. The average molecular weight is 351 g/mol. The fourth-order valence-electron chi connectivity index (χ4n) is 4.03. The molecule has 5 heteroatoms. The van der Waals surface area contributed by atoms with Gasteiger partial charge in [-0.25, -0.2) is 0 Å². The Morgan fingerprint density at radius 3 is 2.69 bits per heavy atom. The zero-order chi connectivity index (χ0) is 17.6. The van der Waals surface area contributed by atoms with E-state index in [1.807, 2.05) is 42.5 Å². The maximum absolute atomic E-state index is 12.7. The van der Waals surface area contributed by atoms with Crippen LogP contribution in [-0.2, 0) is 11.2 Å². The van der Waals surface area contributed by atoms with Crippen molar-refractivity contribution in [1.29, 1.82) is 0 Å². The summed E-state index contributed by atoms with van der Waals surface area (Å²) < 4.78 is 17.8. The minimum atomic E-state index is -0.480. The summed E-state index contributed by atoms with van der Waals surface area (Å²) in [5.74, 6) is 1.65. The van der Waals surface area contributed by atoms with E-state index in [2.05, 4.69) is 5.32 Å². The molecule has 2 heterocycles. The molecule has 1 N–H and O–H groups in total. The van der Waals surface area contributed by atoms with E-state index in [1.54, 1.807) is 0 Å². The van der Waals surface area contributed by atoms with E-state index in [0.717, 1.165) is 54.2 Å². The highest BCUT2D eigenvalue weighted by molar-refractivity contribution is 5.93. The summed E-state index contributed by atoms with van der Waals surface area (Å²) >= 11 is 0. The molecule has 1 atom stereocenters. The van der Waals surface area contributed by atoms with Crippen LogP contribution >= 0.6 is 0 Å². The lowest BCUT2D eigenvalue weighted by Crippen LogP contribution is -2.34. The maximum atomic E-state index is 12.7. The summed E-state index contributed by atoms with van der Waals surface area (Å²) in [7, 11) is 0. The third-order valence-electron chi connectivity index (χ3n) is 5.42. The molecule has 0 unspecified atom stereocenters. The first-order valence-corrected chi connectivity index (χ1v) is 9.24. The topological polar surface area (TPSA) is 56.8 Å². The summed E-state index contributed by atoms with van der Waals surface area (Å²) in [6.07, 6.45) is 4.78. The van der Waals surface area contributed by atoms with Crippen LogP contribution in [0.1, 0.15) is 31.2 Å². The average Bonchev–Trinajstić information content (AvgIpc) is 3.27. The summed E-state index contributed by atoms with van der Waals surface area (Å²) in [5.41, 5.74) is 1.80. The van der Waals surface area contributed by atoms with Gasteiger partial charge in [0.15, 0.2) is 11.5 Å². The summed E-state index contributed by atoms with van der Waals surface area (Å²) in [4.78, 5) is 12.7. The van der Waals surface area contributed by atoms with E-state index >= 15 is 0 Å². The quantitative estimate of drug-likeness (QED) is 0.891. The largest absolute Gasteiger partial charge is 0.492 e. The Balaban J connectivity index is 1.28. The van der Waals surface area contributed by atoms with Crippen LogP contribution < -0.4 is 19.5 Å². The molecule has 5 nitrogen and oxygen atoms in total. The molecule has 1 fully saturated rings. The number of carbonyl (C=O) groups is 1. The van der Waals surface area contributed by atoms with Gasteiger partial charge < -0.3 is 19.5 Å². The molecule has 1 aliphatic carbocycles. The first kappa shape index (κ1) is 15.6. The molecule has 1 amide bonds. The molecule has 1 spiro atoms. The molecule has 134 valence electrons. The van der Waals surface area contributed by atoms with E-state index in [-0.39, 0.29) is 11.8 Å². The van der Waals surface area contributed by atoms with Gasteiger partial charge in [0.2, 0.25) is 5.91 Å². The Labute approximate surface area is 152 Å². The third kappa shape index (κ3) is 2.68. The third-order valence-corrected chi connectivity index (χ3v) is 5.42. The van der Waals surface area contributed by atoms with Crippen molar-refractivity contribution in [1.82, 2.24) is 0 Å². The van der Waals surface area contributed by atoms with Crippen LogP contribution in [0.5, 0.6) is 17.2 Å². The zero-order valence-corrected chi connectivity index (χ0v) is 14.5. The number of rotatable bonds is 2. The van der Waals surface area contributed by atoms with Crippen molar-refractivity contribution in [2.75, 3.05) is 11.9 Å². The molecular weight excluding hydrogens is 330 g/mol. The molecular formula is C21H21NO4. The van der Waals surface area contributed by atoms with Gasteiger partial charge in [-0.05, 0) is 43.0 Å². The Kier molecular flexibility index (Phi) is 3.55. The van der Waals surface area contributed by atoms with Crippen molar-refractivity contribution in [3.63, 3.8) is 0 Å². The van der Waals surface area contributed by atoms with Crippen molar-refractivity contribution in [2.24, 2.45) is 5.92 Å². The number of para-hydroxylation sites is 1. The maximum Gasteiger partial charge on any atom is 0.251 e. The van der Waals surface area contributed by atoms with Gasteiger partial charge in [0.1, 0.15) is 12.4 Å². The predicted molar refractivity (Wildman–Crippen MR) is 96.7 cm³/mol. The first-order valence-electron chi connectivity index (χ1n) is 9.24. The number of nitrogens with one attached hydrogen (secondary N) is 1. The van der Waals surface area contributed by atoms with E-state index in [1.165, 1.54) is 0 Å². The molecule has 26 heavy (non-hydrogen) atoms. The molecule has 2 aromatic rings. The number of anilines is 1. The molecule has 0 bridgehead atoms. The van der Waals surface area contributed by atoms with Gasteiger partial charge in [0.25, 0.3) is 5.79 Å². The van der Waals surface area contributed by atoms with Crippen molar-refractivity contribution < 1.29 is 19.0 Å². The Bertz CT molecular complexity index is 857. The number of benzene rings is 2. The van der Waals surface area contributed by atoms with E-state index in [4.69, 9.17) is 14.2 Å². The van der Waals surface area contributed by atoms with Gasteiger partial charge in [0, 0.05) is 24.6 Å². The van der Waals surface area contributed by atoms with Crippen molar-refractivity contribution in [3.8, 4) is 17.2 Å². The number of ether oxygens (including phenoxy) is 3. The lowest BCUT2D eigenvalue weighted by molar-refractivity contribution is -0.121. The monoisotopic (exact) mass is 351 g/mol. The minimum absolute atomic E-state index is 0.0334. The molecule has 2 aliphatic heterocycles. The normalized spacial score (nSPS) is 21.9. The number of hydrogen-bond acceptors (Lipinski definition) is 4. The highest BCUT2D eigenvalue weighted by atomic mass is 16.7. The Hall–Kier alpha value is -2.69. The van der Waals surface area contributed by atoms with Gasteiger partial charge in [-0.3, -0.25) is 4.79 Å². The summed E-state index contributed by atoms with van der Waals surface area (Å²) in [5, 5.41) is 3.00. The minimum Gasteiger partial charge on any atom is -0.492 e. The fourth-order valence-corrected chi connectivity index (χ4v) is 4.03. The molecule has 0 radical (unpaired) electrons. The number of fused-ring (bicyclic) bond motifs is 2. The van der Waals surface area contributed by atoms with Crippen LogP contribution in [0.4, 0.5) is 5.69 Å². The van der Waals surface area contributed by atoms with Gasteiger partial charge >= 0.3 is 0 Å². The summed E-state index contributed by atoms with van der Waals surface area (Å²) in [6.45, 7) is 0.399. The van der Waals surface area contributed by atoms with Crippen molar-refractivity contribution in [3.05, 3.63) is 48.0 Å². The second kappa shape index (κ2) is 5.94. The number of hydrogen-bond donors (Lipinski definition) is 1. The van der Waals surface area contributed by atoms with Gasteiger partial charge in [-0.1, -0.05) is 18.2 Å². The zero-order valence-electron chi connectivity index (χ0n) is 14.5. The van der Waals surface area contributed by atoms with Crippen LogP contribution in [-0.4, -0.2) is 18.3 Å². The van der Waals surface area contributed by atoms with Crippen LogP contribution in [0.15, 0.2) is 42.5 Å². The molecule has 3 aliphatic rings. The molecule has 2 aromatic carbocycles. The highest BCUT2D eigenvalue weighted by Crippen LogP contribution is 2.47. The SMILES string of the molecule is O=C(Nc1ccc2c(c1)OC1(CCCC1)O2)[C@H]1COc2ccccc2C1. The van der Waals surface area contributed by atoms with E-state index in [9.17, 15) is 4.79 Å². The Morgan fingerprint density at radius 1 is 1.00 bits per heavy atom. The molecule has 1 saturated carbocycles. The van der Waals surface area contributed by atoms with Crippen molar-refractivity contribution in [2.45, 2.75) is 37.9 Å². The van der Waals surface area contributed by atoms with Gasteiger partial charge in [-0.2, -0.15) is 0 Å². The van der Waals surface area contributed by atoms with E-state index < -0.39 is 5.79 Å². The second-order valence-electron chi connectivity index (χ2n) is 7.29. The van der Waals surface area contributed by atoms with Crippen LogP contribution in [0.3, 0.4) is 0 Å². The van der Waals surface area contributed by atoms with Crippen LogP contribution in [0, 0.1) is 5.92 Å². The lowest BCUT2D eigenvalue weighted by Gasteiger charge is -2.24. The van der Waals surface area contributed by atoms with Crippen molar-refractivity contribution >= 4 is 11.6 Å². The van der Waals surface area contributed by atoms with Gasteiger partial charge in [-0.15, -0.1) is 0 Å². The first-order chi connectivity index (χ1) is 12.7. The lowest BCUT2D eigenvalue weighted by atomic mass is 9.96. The van der Waals surface area contributed by atoms with Gasteiger partial charge in [0.05, 0.1) is 5.92 Å². The molecule has 0 aromatic heterocycles. The molecule has 5 rings (SSSR count). The van der Waals surface area contributed by atoms with Crippen LogP contribution in [0.25, 0.3) is 0 Å². The second-order valence-corrected chi connectivity index (χ2v) is 7.29. The Morgan fingerprint density at radius 2 is 1.81 bits per heavy atom. The summed E-state index contributed by atoms with van der Waals surface area (Å²) in [6, 6.07) is 13.5. The highest BCUT2D eigenvalue weighted by Gasteiger charge is 2.44. The number of amides is 1. The van der Waals surface area contributed by atoms with E-state index in [0.29, 0.717) is 13.0 Å². The van der Waals surface area contributed by atoms with Crippen LogP contribution in [0.2, 0.25) is 0 Å². The molecule has 0 saturated heterocycles. The predicted octanol–water partition coefficient (Wildman–Crippen LogP) is 3.92.